The molecular formula is C17H14I3NO4. The van der Waals surface area contributed by atoms with Crippen LogP contribution in [0.1, 0.15) is 18.6 Å². The van der Waals surface area contributed by atoms with Crippen LogP contribution in [0, 0.1) is 10.7 Å². The lowest BCUT2D eigenvalue weighted by Gasteiger charge is -2.23. The minimum Gasteiger partial charge on any atom is -0.478 e. The largest absolute Gasteiger partial charge is 0.478 e. The molecule has 0 fully saturated rings. The summed E-state index contributed by atoms with van der Waals surface area (Å²) in [7, 11) is 1.69. The topological polar surface area (TPSA) is 66.8 Å². The number of hydrogen-bond acceptors (Lipinski definition) is 3. The first-order valence-corrected chi connectivity index (χ1v) is 10.3. The van der Waals surface area contributed by atoms with E-state index in [-0.39, 0.29) is 5.91 Å². The zero-order valence-electron chi connectivity index (χ0n) is 13.3. The van der Waals surface area contributed by atoms with Crippen molar-refractivity contribution < 1.29 is 19.4 Å². The molecule has 1 N–H and O–H groups in total. The van der Waals surface area contributed by atoms with Crippen molar-refractivity contribution in [3.05, 3.63) is 52.7 Å². The van der Waals surface area contributed by atoms with Crippen LogP contribution in [0.4, 0.5) is 5.69 Å². The molecule has 5 nitrogen and oxygen atoms in total. The van der Waals surface area contributed by atoms with E-state index in [1.54, 1.807) is 31.3 Å². The van der Waals surface area contributed by atoms with Crippen molar-refractivity contribution in [1.82, 2.24) is 0 Å². The van der Waals surface area contributed by atoms with Gasteiger partial charge in [0.05, 0.1) is 12.8 Å². The van der Waals surface area contributed by atoms with Crippen LogP contribution in [-0.4, -0.2) is 24.0 Å². The third-order valence-corrected chi connectivity index (χ3v) is 6.10. The molecule has 1 amide bonds. The number of rotatable bonds is 5. The lowest BCUT2D eigenvalue weighted by atomic mass is 10.1. The Morgan fingerprint density at radius 3 is 2.24 bits per heavy atom. The van der Waals surface area contributed by atoms with Gasteiger partial charge in [-0.3, -0.25) is 4.79 Å². The van der Waals surface area contributed by atoms with E-state index in [9.17, 15) is 14.7 Å². The van der Waals surface area contributed by atoms with Crippen LogP contribution in [0.3, 0.4) is 0 Å². The maximum Gasteiger partial charge on any atom is 0.349 e. The predicted molar refractivity (Wildman–Crippen MR) is 121 cm³/mol. The smallest absolute Gasteiger partial charge is 0.349 e. The van der Waals surface area contributed by atoms with E-state index in [0.29, 0.717) is 20.6 Å². The molecule has 0 aliphatic carbocycles. The van der Waals surface area contributed by atoms with Gasteiger partial charge in [0.25, 0.3) is 0 Å². The Hall–Kier alpha value is -0.630. The summed E-state index contributed by atoms with van der Waals surface area (Å²) in [6.07, 6.45) is -1.13. The number of ether oxygens (including phenoxy) is 1. The lowest BCUT2D eigenvalue weighted by Crippen LogP contribution is -2.26. The predicted octanol–water partition coefficient (Wildman–Crippen LogP) is 4.69. The number of nitrogens with zero attached hydrogens (tertiary/aromatic N) is 1. The summed E-state index contributed by atoms with van der Waals surface area (Å²) >= 11 is 6.37. The highest BCUT2D eigenvalue weighted by atomic mass is 127. The summed E-state index contributed by atoms with van der Waals surface area (Å²) < 4.78 is 8.27. The second-order valence-corrected chi connectivity index (χ2v) is 8.56. The number of benzene rings is 2. The Labute approximate surface area is 186 Å². The molecular weight excluding hydrogens is 663 g/mol. The minimum atomic E-state index is -1.13. The molecule has 0 saturated heterocycles. The van der Waals surface area contributed by atoms with Crippen molar-refractivity contribution in [1.29, 1.82) is 0 Å². The average Bonchev–Trinajstić information content (AvgIpc) is 2.54. The van der Waals surface area contributed by atoms with Gasteiger partial charge in [-0.25, -0.2) is 4.79 Å². The van der Waals surface area contributed by atoms with E-state index in [4.69, 9.17) is 4.74 Å². The van der Waals surface area contributed by atoms with Gasteiger partial charge in [-0.15, -0.1) is 0 Å². The summed E-state index contributed by atoms with van der Waals surface area (Å²) in [5, 5.41) is 9.60. The minimum absolute atomic E-state index is 0.110. The molecule has 0 spiro atoms. The highest BCUT2D eigenvalue weighted by Crippen LogP contribution is 2.40. The molecule has 2 rings (SSSR count). The molecule has 0 aliphatic heterocycles. The zero-order chi connectivity index (χ0) is 18.7. The molecule has 8 heteroatoms. The molecule has 0 heterocycles. The number of carboxylic acids is 1. The monoisotopic (exact) mass is 677 g/mol. The third kappa shape index (κ3) is 4.76. The fourth-order valence-electron chi connectivity index (χ4n) is 2.14. The quantitative estimate of drug-likeness (QED) is 0.467. The number of anilines is 1. The van der Waals surface area contributed by atoms with Crippen LogP contribution < -0.4 is 9.64 Å². The molecule has 0 aromatic heterocycles. The average molecular weight is 677 g/mol. The number of hydrogen-bond donors (Lipinski definition) is 1. The summed E-state index contributed by atoms with van der Waals surface area (Å²) in [6, 6.07) is 10.7. The van der Waals surface area contributed by atoms with Crippen molar-refractivity contribution in [2.45, 2.75) is 13.0 Å². The van der Waals surface area contributed by atoms with Gasteiger partial charge in [0, 0.05) is 23.1 Å². The van der Waals surface area contributed by atoms with Crippen LogP contribution in [0.15, 0.2) is 36.4 Å². The Kier molecular flexibility index (Phi) is 7.31. The highest BCUT2D eigenvalue weighted by Gasteiger charge is 2.27. The van der Waals surface area contributed by atoms with Crippen LogP contribution in [0.2, 0.25) is 0 Å². The van der Waals surface area contributed by atoms with Crippen molar-refractivity contribution in [3.8, 4) is 5.75 Å². The van der Waals surface area contributed by atoms with E-state index in [1.165, 1.54) is 11.8 Å². The van der Waals surface area contributed by atoms with Crippen molar-refractivity contribution in [3.63, 3.8) is 0 Å². The first-order chi connectivity index (χ1) is 11.7. The molecule has 0 saturated carbocycles. The first-order valence-electron chi connectivity index (χ1n) is 7.10. The van der Waals surface area contributed by atoms with Gasteiger partial charge >= 0.3 is 5.97 Å². The van der Waals surface area contributed by atoms with E-state index >= 15 is 0 Å². The third-order valence-electron chi connectivity index (χ3n) is 3.47. The Bertz CT molecular complexity index is 811. The second-order valence-electron chi connectivity index (χ2n) is 5.16. The van der Waals surface area contributed by atoms with Gasteiger partial charge in [-0.05, 0) is 73.8 Å². The van der Waals surface area contributed by atoms with Crippen LogP contribution >= 0.6 is 67.8 Å². The van der Waals surface area contributed by atoms with Crippen molar-refractivity contribution in [2.24, 2.45) is 0 Å². The Balaban J connectivity index is 2.53. The molecule has 1 unspecified atom stereocenters. The maximum absolute atomic E-state index is 11.8. The van der Waals surface area contributed by atoms with Gasteiger partial charge in [-0.1, -0.05) is 30.3 Å². The standard InChI is InChI=1S/C17H14I3NO4/c1-9(22)21(2)14-11(18)8-12(19)16(13(14)20)25-15(17(23)24)10-6-4-3-5-7-10/h3-8,15H,1-2H3,(H,23,24). The van der Waals surface area contributed by atoms with Gasteiger partial charge in [0.1, 0.15) is 5.75 Å². The van der Waals surface area contributed by atoms with Gasteiger partial charge in [0.15, 0.2) is 0 Å². The van der Waals surface area contributed by atoms with E-state index in [1.807, 2.05) is 12.1 Å². The maximum atomic E-state index is 11.8. The molecule has 132 valence electrons. The Morgan fingerprint density at radius 2 is 1.72 bits per heavy atom. The Morgan fingerprint density at radius 1 is 1.12 bits per heavy atom. The summed E-state index contributed by atoms with van der Waals surface area (Å²) in [5.74, 6) is -0.723. The molecule has 25 heavy (non-hydrogen) atoms. The van der Waals surface area contributed by atoms with Crippen LogP contribution in [0.5, 0.6) is 5.75 Å². The van der Waals surface area contributed by atoms with E-state index in [2.05, 4.69) is 67.8 Å². The van der Waals surface area contributed by atoms with Crippen LogP contribution in [0.25, 0.3) is 0 Å². The van der Waals surface area contributed by atoms with Crippen LogP contribution in [-0.2, 0) is 9.59 Å². The van der Waals surface area contributed by atoms with Crippen molar-refractivity contribution >= 4 is 85.3 Å². The number of halogens is 3. The molecule has 2 aromatic carbocycles. The molecule has 0 bridgehead atoms. The first kappa shape index (κ1) is 20.7. The van der Waals surface area contributed by atoms with Gasteiger partial charge in [-0.2, -0.15) is 0 Å². The number of amides is 1. The number of aliphatic carboxylic acids is 1. The number of carbonyl (C=O) groups excluding carboxylic acids is 1. The lowest BCUT2D eigenvalue weighted by molar-refractivity contribution is -0.145. The molecule has 2 aromatic rings. The number of carboxylic acid groups (broad SMARTS) is 1. The molecule has 0 radical (unpaired) electrons. The fourth-order valence-corrected chi connectivity index (χ4v) is 6.49. The summed E-state index contributed by atoms with van der Waals surface area (Å²) in [4.78, 5) is 25.0. The number of carbonyl (C=O) groups is 2. The summed E-state index contributed by atoms with van der Waals surface area (Å²) in [6.45, 7) is 1.48. The summed E-state index contributed by atoms with van der Waals surface area (Å²) in [5.41, 5.74) is 1.27. The molecule has 1 atom stereocenters. The van der Waals surface area contributed by atoms with Crippen molar-refractivity contribution in [2.75, 3.05) is 11.9 Å². The van der Waals surface area contributed by atoms with Gasteiger partial charge < -0.3 is 14.7 Å². The van der Waals surface area contributed by atoms with E-state index < -0.39 is 12.1 Å². The normalized spacial score (nSPS) is 11.7. The zero-order valence-corrected chi connectivity index (χ0v) is 19.8. The SMILES string of the molecule is CC(=O)N(C)c1c(I)cc(I)c(OC(C(=O)O)c2ccccc2)c1I. The highest BCUT2D eigenvalue weighted by molar-refractivity contribution is 14.1. The molecule has 0 aliphatic rings. The second kappa shape index (κ2) is 8.84. The van der Waals surface area contributed by atoms with Gasteiger partial charge in [0.2, 0.25) is 12.0 Å². The fraction of sp³-hybridized carbons (Fsp3) is 0.176. The van der Waals surface area contributed by atoms with E-state index in [0.717, 1.165) is 7.14 Å².